The molecule has 1 saturated heterocycles. The van der Waals surface area contributed by atoms with Gasteiger partial charge in [-0.1, -0.05) is 23.5 Å². The van der Waals surface area contributed by atoms with E-state index >= 15 is 0 Å². The number of aryl methyl sites for hydroxylation is 3. The molecular formula is C18H22N4S2. The van der Waals surface area contributed by atoms with Crippen LogP contribution >= 0.6 is 22.7 Å². The van der Waals surface area contributed by atoms with Crippen molar-refractivity contribution in [3.8, 4) is 0 Å². The summed E-state index contributed by atoms with van der Waals surface area (Å²) in [5, 5.41) is 2.34. The quantitative estimate of drug-likeness (QED) is 0.708. The Morgan fingerprint density at radius 2 is 1.79 bits per heavy atom. The zero-order valence-corrected chi connectivity index (χ0v) is 16.0. The monoisotopic (exact) mass is 358 g/mol. The van der Waals surface area contributed by atoms with Gasteiger partial charge in [0, 0.05) is 37.6 Å². The van der Waals surface area contributed by atoms with Crippen molar-refractivity contribution in [1.82, 2.24) is 14.9 Å². The summed E-state index contributed by atoms with van der Waals surface area (Å²) in [5.74, 6) is 0. The maximum Gasteiger partial charge on any atom is 0.186 e. The van der Waals surface area contributed by atoms with Crippen LogP contribution in [0.1, 0.15) is 21.1 Å². The SMILES string of the molecule is Cc1nc(C)c(CN2CCN(c3nc4c(C)cccc4s3)CC2)s1. The summed E-state index contributed by atoms with van der Waals surface area (Å²) in [6, 6.07) is 6.44. The maximum atomic E-state index is 4.88. The second-order valence-corrected chi connectivity index (χ2v) is 8.72. The smallest absolute Gasteiger partial charge is 0.186 e. The highest BCUT2D eigenvalue weighted by Crippen LogP contribution is 2.31. The predicted octanol–water partition coefficient (Wildman–Crippen LogP) is 4.00. The van der Waals surface area contributed by atoms with Crippen LogP contribution in [0, 0.1) is 20.8 Å². The highest BCUT2D eigenvalue weighted by atomic mass is 32.1. The molecule has 6 heteroatoms. The number of hydrogen-bond donors (Lipinski definition) is 0. The van der Waals surface area contributed by atoms with E-state index < -0.39 is 0 Å². The van der Waals surface area contributed by atoms with Crippen LogP contribution in [-0.2, 0) is 6.54 Å². The lowest BCUT2D eigenvalue weighted by Crippen LogP contribution is -2.45. The summed E-state index contributed by atoms with van der Waals surface area (Å²) < 4.78 is 1.29. The minimum absolute atomic E-state index is 1.03. The molecule has 24 heavy (non-hydrogen) atoms. The molecule has 1 aliphatic heterocycles. The van der Waals surface area contributed by atoms with Crippen LogP contribution < -0.4 is 4.90 Å². The van der Waals surface area contributed by atoms with E-state index in [0.717, 1.165) is 38.2 Å². The first-order chi connectivity index (χ1) is 11.6. The molecule has 0 bridgehead atoms. The first-order valence-electron chi connectivity index (χ1n) is 8.36. The first kappa shape index (κ1) is 16.0. The molecule has 1 aromatic carbocycles. The summed E-state index contributed by atoms with van der Waals surface area (Å²) >= 11 is 3.65. The zero-order valence-electron chi connectivity index (χ0n) is 14.4. The molecule has 0 spiro atoms. The minimum Gasteiger partial charge on any atom is -0.345 e. The Hall–Kier alpha value is -1.50. The molecule has 3 heterocycles. The molecule has 0 unspecified atom stereocenters. The number of para-hydroxylation sites is 1. The van der Waals surface area contributed by atoms with Gasteiger partial charge in [0.2, 0.25) is 0 Å². The molecule has 0 aliphatic carbocycles. The van der Waals surface area contributed by atoms with Crippen LogP contribution in [0.4, 0.5) is 5.13 Å². The van der Waals surface area contributed by atoms with Gasteiger partial charge in [-0.15, -0.1) is 11.3 Å². The van der Waals surface area contributed by atoms with Gasteiger partial charge in [0.15, 0.2) is 5.13 Å². The Labute approximate surface area is 150 Å². The van der Waals surface area contributed by atoms with Gasteiger partial charge in [0.05, 0.1) is 20.9 Å². The first-order valence-corrected chi connectivity index (χ1v) is 10.00. The Bertz CT molecular complexity index is 859. The van der Waals surface area contributed by atoms with E-state index in [9.17, 15) is 0 Å². The normalized spacial score (nSPS) is 16.2. The summed E-state index contributed by atoms with van der Waals surface area (Å²) in [6.07, 6.45) is 0. The maximum absolute atomic E-state index is 4.88. The number of fused-ring (bicyclic) bond motifs is 1. The molecule has 0 N–H and O–H groups in total. The van der Waals surface area contributed by atoms with Gasteiger partial charge < -0.3 is 4.90 Å². The van der Waals surface area contributed by atoms with Crippen LogP contribution in [0.2, 0.25) is 0 Å². The fourth-order valence-corrected chi connectivity index (χ4v) is 5.31. The largest absolute Gasteiger partial charge is 0.345 e. The lowest BCUT2D eigenvalue weighted by atomic mass is 10.2. The lowest BCUT2D eigenvalue weighted by molar-refractivity contribution is 0.251. The third-order valence-corrected chi connectivity index (χ3v) is 6.76. The Balaban J connectivity index is 1.43. The molecule has 0 radical (unpaired) electrons. The number of piperazine rings is 1. The molecule has 4 rings (SSSR count). The van der Waals surface area contributed by atoms with E-state index in [0.29, 0.717) is 0 Å². The van der Waals surface area contributed by atoms with Gasteiger partial charge >= 0.3 is 0 Å². The van der Waals surface area contributed by atoms with Crippen molar-refractivity contribution in [2.24, 2.45) is 0 Å². The van der Waals surface area contributed by atoms with Crippen LogP contribution in [0.3, 0.4) is 0 Å². The molecule has 1 fully saturated rings. The number of thiazole rings is 2. The van der Waals surface area contributed by atoms with Gasteiger partial charge in [0.25, 0.3) is 0 Å². The number of rotatable bonds is 3. The van der Waals surface area contributed by atoms with Gasteiger partial charge in [-0.25, -0.2) is 9.97 Å². The average Bonchev–Trinajstić information content (AvgIpc) is 3.13. The fraction of sp³-hybridized carbons (Fsp3) is 0.444. The second-order valence-electron chi connectivity index (χ2n) is 6.42. The number of nitrogens with zero attached hydrogens (tertiary/aromatic N) is 4. The topological polar surface area (TPSA) is 32.3 Å². The predicted molar refractivity (Wildman–Crippen MR) is 103 cm³/mol. The molecule has 0 saturated carbocycles. The molecule has 126 valence electrons. The van der Waals surface area contributed by atoms with Crippen LogP contribution in [0.5, 0.6) is 0 Å². The van der Waals surface area contributed by atoms with Crippen molar-refractivity contribution in [2.75, 3.05) is 31.1 Å². The van der Waals surface area contributed by atoms with Crippen molar-refractivity contribution < 1.29 is 0 Å². The van der Waals surface area contributed by atoms with Gasteiger partial charge in [0.1, 0.15) is 0 Å². The van der Waals surface area contributed by atoms with Gasteiger partial charge in [-0.2, -0.15) is 0 Å². The molecule has 0 atom stereocenters. The third-order valence-electron chi connectivity index (χ3n) is 4.62. The molecular weight excluding hydrogens is 336 g/mol. The van der Waals surface area contributed by atoms with E-state index in [1.54, 1.807) is 0 Å². The van der Waals surface area contributed by atoms with Gasteiger partial charge in [-0.3, -0.25) is 4.90 Å². The highest BCUT2D eigenvalue weighted by molar-refractivity contribution is 7.22. The van der Waals surface area contributed by atoms with Gasteiger partial charge in [-0.05, 0) is 32.4 Å². The molecule has 4 nitrogen and oxygen atoms in total. The van der Waals surface area contributed by atoms with E-state index in [-0.39, 0.29) is 0 Å². The molecule has 2 aromatic heterocycles. The Morgan fingerprint density at radius 3 is 2.46 bits per heavy atom. The van der Waals surface area contributed by atoms with Crippen LogP contribution in [0.25, 0.3) is 10.2 Å². The van der Waals surface area contributed by atoms with Crippen molar-refractivity contribution in [2.45, 2.75) is 27.3 Å². The number of aromatic nitrogens is 2. The summed E-state index contributed by atoms with van der Waals surface area (Å²) in [5.41, 5.74) is 3.63. The fourth-order valence-electron chi connectivity index (χ4n) is 3.23. The van der Waals surface area contributed by atoms with E-state index in [2.05, 4.69) is 53.8 Å². The van der Waals surface area contributed by atoms with Crippen molar-refractivity contribution >= 4 is 38.0 Å². The van der Waals surface area contributed by atoms with Crippen molar-refractivity contribution in [1.29, 1.82) is 0 Å². The average molecular weight is 359 g/mol. The van der Waals surface area contributed by atoms with E-state index in [4.69, 9.17) is 4.98 Å². The molecule has 3 aromatic rings. The van der Waals surface area contributed by atoms with Crippen LogP contribution in [-0.4, -0.2) is 41.0 Å². The van der Waals surface area contributed by atoms with Crippen molar-refractivity contribution in [3.05, 3.63) is 39.3 Å². The number of anilines is 1. The third kappa shape index (κ3) is 3.06. The zero-order chi connectivity index (χ0) is 16.7. The van der Waals surface area contributed by atoms with Crippen molar-refractivity contribution in [3.63, 3.8) is 0 Å². The van der Waals surface area contributed by atoms with E-state index in [1.807, 2.05) is 22.7 Å². The number of benzene rings is 1. The summed E-state index contributed by atoms with van der Waals surface area (Å²) in [4.78, 5) is 15.8. The summed E-state index contributed by atoms with van der Waals surface area (Å²) in [6.45, 7) is 11.7. The van der Waals surface area contributed by atoms with Crippen LogP contribution in [0.15, 0.2) is 18.2 Å². The Morgan fingerprint density at radius 1 is 1.00 bits per heavy atom. The highest BCUT2D eigenvalue weighted by Gasteiger charge is 2.21. The second kappa shape index (κ2) is 6.43. The van der Waals surface area contributed by atoms with E-state index in [1.165, 1.54) is 31.0 Å². The number of hydrogen-bond acceptors (Lipinski definition) is 6. The minimum atomic E-state index is 1.03. The Kier molecular flexibility index (Phi) is 4.28. The standard InChI is InChI=1S/C18H22N4S2/c1-12-5-4-6-15-17(12)20-18(24-15)22-9-7-21(8-10-22)11-16-13(2)19-14(3)23-16/h4-6H,7-11H2,1-3H3. The molecule has 1 aliphatic rings. The molecule has 0 amide bonds. The lowest BCUT2D eigenvalue weighted by Gasteiger charge is -2.34. The summed E-state index contributed by atoms with van der Waals surface area (Å²) in [7, 11) is 0.